The van der Waals surface area contributed by atoms with Gasteiger partial charge in [0, 0.05) is 5.54 Å². The van der Waals surface area contributed by atoms with Crippen LogP contribution >= 0.6 is 0 Å². The van der Waals surface area contributed by atoms with E-state index in [2.05, 4.69) is 12.2 Å². The minimum Gasteiger partial charge on any atom is -0.450 e. The van der Waals surface area contributed by atoms with Crippen molar-refractivity contribution in [1.82, 2.24) is 5.32 Å². The number of ether oxygens (including phenoxy) is 1. The zero-order valence-corrected chi connectivity index (χ0v) is 9.77. The summed E-state index contributed by atoms with van der Waals surface area (Å²) in [6.07, 6.45) is 7.01. The molecule has 0 aliphatic heterocycles. The molecule has 0 aromatic carbocycles. The second-order valence-electron chi connectivity index (χ2n) is 5.16. The van der Waals surface area contributed by atoms with E-state index in [0.717, 1.165) is 19.3 Å². The number of carbonyl (C=O) groups is 1. The van der Waals surface area contributed by atoms with Gasteiger partial charge < -0.3 is 10.1 Å². The van der Waals surface area contributed by atoms with Crippen molar-refractivity contribution >= 4 is 6.09 Å². The first-order valence-electron chi connectivity index (χ1n) is 6.09. The Hall–Kier alpha value is -0.730. The van der Waals surface area contributed by atoms with E-state index in [1.807, 2.05) is 6.92 Å². The van der Waals surface area contributed by atoms with Gasteiger partial charge in [-0.3, -0.25) is 0 Å². The molecule has 0 radical (unpaired) electrons. The van der Waals surface area contributed by atoms with Gasteiger partial charge in [-0.25, -0.2) is 4.79 Å². The molecule has 3 heteroatoms. The third kappa shape index (κ3) is 1.84. The first kappa shape index (κ1) is 10.8. The van der Waals surface area contributed by atoms with Gasteiger partial charge in [0.15, 0.2) is 0 Å². The summed E-state index contributed by atoms with van der Waals surface area (Å²) in [6.45, 7) is 4.57. The maximum Gasteiger partial charge on any atom is 0.407 e. The average Bonchev–Trinajstić information content (AvgIpc) is 2.74. The number of fused-ring (bicyclic) bond motifs is 2. The highest BCUT2D eigenvalue weighted by Gasteiger charge is 2.53. The summed E-state index contributed by atoms with van der Waals surface area (Å²) >= 11 is 0. The molecule has 3 nitrogen and oxygen atoms in total. The second kappa shape index (κ2) is 3.69. The lowest BCUT2D eigenvalue weighted by atomic mass is 9.82. The molecule has 0 aromatic heterocycles. The molecule has 2 saturated carbocycles. The molecule has 1 N–H and O–H groups in total. The van der Waals surface area contributed by atoms with Crippen molar-refractivity contribution in [2.45, 2.75) is 57.9 Å². The number of amides is 1. The smallest absolute Gasteiger partial charge is 0.407 e. The molecule has 0 saturated heterocycles. The Morgan fingerprint density at radius 2 is 1.93 bits per heavy atom. The fraction of sp³-hybridized carbons (Fsp3) is 0.917. The van der Waals surface area contributed by atoms with Crippen LogP contribution in [0.2, 0.25) is 0 Å². The Kier molecular flexibility index (Phi) is 2.65. The number of rotatable bonds is 3. The molecule has 2 bridgehead atoms. The van der Waals surface area contributed by atoms with Crippen LogP contribution in [0.1, 0.15) is 52.4 Å². The van der Waals surface area contributed by atoms with Crippen LogP contribution in [-0.4, -0.2) is 18.2 Å². The summed E-state index contributed by atoms with van der Waals surface area (Å²) in [5.74, 6) is 0. The number of carbonyl (C=O) groups excluding carboxylic acids is 1. The maximum atomic E-state index is 11.4. The van der Waals surface area contributed by atoms with Gasteiger partial charge in [-0.2, -0.15) is 0 Å². The van der Waals surface area contributed by atoms with E-state index in [0.29, 0.717) is 12.0 Å². The highest BCUT2D eigenvalue weighted by Crippen LogP contribution is 2.58. The van der Waals surface area contributed by atoms with Crippen LogP contribution < -0.4 is 5.32 Å². The van der Waals surface area contributed by atoms with Gasteiger partial charge in [-0.05, 0) is 44.4 Å². The van der Waals surface area contributed by atoms with Crippen molar-refractivity contribution in [3.63, 3.8) is 0 Å². The number of nitrogens with one attached hydrogen (secondary N) is 1. The Bertz CT molecular complexity index is 254. The van der Waals surface area contributed by atoms with E-state index >= 15 is 0 Å². The normalized spacial score (nSPS) is 38.0. The largest absolute Gasteiger partial charge is 0.450 e. The third-order valence-electron chi connectivity index (χ3n) is 4.37. The molecule has 15 heavy (non-hydrogen) atoms. The van der Waals surface area contributed by atoms with Gasteiger partial charge >= 0.3 is 6.09 Å². The van der Waals surface area contributed by atoms with Gasteiger partial charge in [0.25, 0.3) is 0 Å². The fourth-order valence-corrected chi connectivity index (χ4v) is 3.36. The van der Waals surface area contributed by atoms with E-state index < -0.39 is 0 Å². The van der Waals surface area contributed by atoms with Crippen molar-refractivity contribution in [1.29, 1.82) is 0 Å². The Morgan fingerprint density at radius 3 is 2.40 bits per heavy atom. The van der Waals surface area contributed by atoms with Gasteiger partial charge in [0.1, 0.15) is 0 Å². The monoisotopic (exact) mass is 211 g/mol. The van der Waals surface area contributed by atoms with E-state index in [1.165, 1.54) is 19.3 Å². The zero-order chi connectivity index (χ0) is 10.9. The van der Waals surface area contributed by atoms with Crippen LogP contribution in [0, 0.1) is 5.41 Å². The van der Waals surface area contributed by atoms with Crippen LogP contribution in [0.4, 0.5) is 4.79 Å². The average molecular weight is 211 g/mol. The zero-order valence-electron chi connectivity index (χ0n) is 9.77. The van der Waals surface area contributed by atoms with Gasteiger partial charge in [0.2, 0.25) is 0 Å². The lowest BCUT2D eigenvalue weighted by Crippen LogP contribution is -2.45. The van der Waals surface area contributed by atoms with Crippen LogP contribution in [0.5, 0.6) is 0 Å². The molecule has 0 unspecified atom stereocenters. The minimum atomic E-state index is -0.230. The summed E-state index contributed by atoms with van der Waals surface area (Å²) in [6, 6.07) is 0. The molecule has 2 rings (SSSR count). The molecule has 2 fully saturated rings. The topological polar surface area (TPSA) is 38.3 Å². The molecular weight excluding hydrogens is 190 g/mol. The molecule has 86 valence electrons. The summed E-state index contributed by atoms with van der Waals surface area (Å²) < 4.78 is 4.97. The standard InChI is InChI=1S/C12H21NO2/c1-3-11-5-7-12(9-11,8-6-11)13-10(14)15-4-2/h3-9H2,1-2H3,(H,13,14). The molecule has 0 spiro atoms. The van der Waals surface area contributed by atoms with Crippen LogP contribution in [-0.2, 0) is 4.74 Å². The molecule has 1 amide bonds. The Labute approximate surface area is 91.6 Å². The number of hydrogen-bond donors (Lipinski definition) is 1. The third-order valence-corrected chi connectivity index (χ3v) is 4.37. The SMILES string of the molecule is CCOC(=O)NC12CCC(CC)(CC1)C2. The van der Waals surface area contributed by atoms with Gasteiger partial charge in [0.05, 0.1) is 6.61 Å². The van der Waals surface area contributed by atoms with Crippen molar-refractivity contribution in [3.05, 3.63) is 0 Å². The van der Waals surface area contributed by atoms with Crippen molar-refractivity contribution in [3.8, 4) is 0 Å². The Morgan fingerprint density at radius 1 is 1.27 bits per heavy atom. The lowest BCUT2D eigenvalue weighted by molar-refractivity contribution is 0.138. The number of hydrogen-bond acceptors (Lipinski definition) is 2. The van der Waals surface area contributed by atoms with E-state index in [4.69, 9.17) is 4.74 Å². The van der Waals surface area contributed by atoms with E-state index in [-0.39, 0.29) is 11.6 Å². The molecular formula is C12H21NO2. The highest BCUT2D eigenvalue weighted by atomic mass is 16.5. The quantitative estimate of drug-likeness (QED) is 0.779. The number of alkyl carbamates (subject to hydrolysis) is 1. The molecule has 0 heterocycles. The predicted octanol–water partition coefficient (Wildman–Crippen LogP) is 2.85. The summed E-state index contributed by atoms with van der Waals surface area (Å²) in [5, 5.41) is 3.08. The first-order chi connectivity index (χ1) is 7.14. The van der Waals surface area contributed by atoms with E-state index in [1.54, 1.807) is 0 Å². The van der Waals surface area contributed by atoms with Crippen molar-refractivity contribution < 1.29 is 9.53 Å². The molecule has 2 aliphatic rings. The van der Waals surface area contributed by atoms with Gasteiger partial charge in [-0.15, -0.1) is 0 Å². The Balaban J connectivity index is 1.96. The summed E-state index contributed by atoms with van der Waals surface area (Å²) in [4.78, 5) is 11.4. The predicted molar refractivity (Wildman–Crippen MR) is 58.7 cm³/mol. The van der Waals surface area contributed by atoms with Gasteiger partial charge in [-0.1, -0.05) is 13.3 Å². The first-order valence-corrected chi connectivity index (χ1v) is 6.09. The van der Waals surface area contributed by atoms with Crippen LogP contribution in [0.15, 0.2) is 0 Å². The molecule has 0 aromatic rings. The minimum absolute atomic E-state index is 0.0717. The van der Waals surface area contributed by atoms with Crippen LogP contribution in [0.25, 0.3) is 0 Å². The second-order valence-corrected chi connectivity index (χ2v) is 5.16. The van der Waals surface area contributed by atoms with Crippen molar-refractivity contribution in [2.24, 2.45) is 5.41 Å². The molecule has 2 aliphatic carbocycles. The summed E-state index contributed by atoms with van der Waals surface area (Å²) in [7, 11) is 0. The maximum absolute atomic E-state index is 11.4. The van der Waals surface area contributed by atoms with E-state index in [9.17, 15) is 4.79 Å². The highest BCUT2D eigenvalue weighted by molar-refractivity contribution is 5.68. The summed E-state index contributed by atoms with van der Waals surface area (Å²) in [5.41, 5.74) is 0.599. The fourth-order valence-electron chi connectivity index (χ4n) is 3.36. The van der Waals surface area contributed by atoms with Crippen LogP contribution in [0.3, 0.4) is 0 Å². The van der Waals surface area contributed by atoms with Crippen molar-refractivity contribution in [2.75, 3.05) is 6.61 Å². The lowest BCUT2D eigenvalue weighted by Gasteiger charge is -2.27. The molecule has 0 atom stereocenters.